The van der Waals surface area contributed by atoms with Gasteiger partial charge in [-0.2, -0.15) is 0 Å². The van der Waals surface area contributed by atoms with Gasteiger partial charge >= 0.3 is 0 Å². The zero-order valence-electron chi connectivity index (χ0n) is 16.8. The molecule has 2 aliphatic heterocycles. The summed E-state index contributed by atoms with van der Waals surface area (Å²) in [6.07, 6.45) is 2.50. The van der Waals surface area contributed by atoms with Crippen molar-refractivity contribution >= 4 is 29.1 Å². The van der Waals surface area contributed by atoms with Gasteiger partial charge in [-0.05, 0) is 56.5 Å². The molecule has 2 atom stereocenters. The number of anilines is 2. The molecule has 0 radical (unpaired) electrons. The van der Waals surface area contributed by atoms with Gasteiger partial charge < -0.3 is 14.8 Å². The second kappa shape index (κ2) is 8.77. The van der Waals surface area contributed by atoms with Gasteiger partial charge in [0.15, 0.2) is 0 Å². The smallest absolute Gasteiger partial charge is 0.266 e. The summed E-state index contributed by atoms with van der Waals surface area (Å²) in [6, 6.07) is 13.4. The van der Waals surface area contributed by atoms with Gasteiger partial charge in [-0.1, -0.05) is 18.2 Å². The molecule has 7 heteroatoms. The summed E-state index contributed by atoms with van der Waals surface area (Å²) < 4.78 is 11.3. The third-order valence-corrected chi connectivity index (χ3v) is 5.34. The number of hydrogen-bond acceptors (Lipinski definition) is 5. The number of carbonyl (C=O) groups is 3. The molecule has 2 aromatic rings. The van der Waals surface area contributed by atoms with Gasteiger partial charge in [-0.15, -0.1) is 0 Å². The largest absolute Gasteiger partial charge is 0.376 e. The van der Waals surface area contributed by atoms with Crippen LogP contribution in [0.5, 0.6) is 0 Å². The minimum atomic E-state index is -0.654. The van der Waals surface area contributed by atoms with Gasteiger partial charge in [0.05, 0.1) is 29.5 Å². The number of nitrogens with zero attached hydrogens (tertiary/aromatic N) is 1. The summed E-state index contributed by atoms with van der Waals surface area (Å²) in [5.41, 5.74) is 1.65. The van der Waals surface area contributed by atoms with Crippen LogP contribution in [0.1, 0.15) is 46.9 Å². The number of carbonyl (C=O) groups excluding carboxylic acids is 3. The molecule has 1 saturated heterocycles. The fourth-order valence-corrected chi connectivity index (χ4v) is 3.66. The summed E-state index contributed by atoms with van der Waals surface area (Å²) in [5, 5.41) is 2.79. The van der Waals surface area contributed by atoms with E-state index in [4.69, 9.17) is 9.47 Å². The molecule has 2 heterocycles. The van der Waals surface area contributed by atoms with Crippen LogP contribution < -0.4 is 10.2 Å². The summed E-state index contributed by atoms with van der Waals surface area (Å²) in [5.74, 6) is -1.04. The Bertz CT molecular complexity index is 933. The highest BCUT2D eigenvalue weighted by Gasteiger charge is 2.36. The third kappa shape index (κ3) is 4.13. The van der Waals surface area contributed by atoms with Crippen LogP contribution in [0.15, 0.2) is 48.5 Å². The summed E-state index contributed by atoms with van der Waals surface area (Å²) in [7, 11) is 0. The Kier molecular flexibility index (Phi) is 5.92. The average Bonchev–Trinajstić information content (AvgIpc) is 3.03. The van der Waals surface area contributed by atoms with Gasteiger partial charge in [0.2, 0.25) is 0 Å². The van der Waals surface area contributed by atoms with E-state index in [1.807, 2.05) is 0 Å². The Morgan fingerprint density at radius 3 is 2.53 bits per heavy atom. The number of rotatable bonds is 6. The zero-order valence-corrected chi connectivity index (χ0v) is 16.8. The van der Waals surface area contributed by atoms with E-state index in [0.717, 1.165) is 30.8 Å². The highest BCUT2D eigenvalue weighted by atomic mass is 16.5. The first-order valence-electron chi connectivity index (χ1n) is 10.2. The van der Waals surface area contributed by atoms with Crippen LogP contribution >= 0.6 is 0 Å². The van der Waals surface area contributed by atoms with Crippen molar-refractivity contribution in [2.24, 2.45) is 0 Å². The van der Waals surface area contributed by atoms with E-state index < -0.39 is 6.10 Å². The molecular weight excluding hydrogens is 384 g/mol. The molecular formula is C23H24N2O5. The summed E-state index contributed by atoms with van der Waals surface area (Å²) >= 11 is 0. The number of ether oxygens (including phenoxy) is 2. The summed E-state index contributed by atoms with van der Waals surface area (Å²) in [6.45, 7) is 2.80. The van der Waals surface area contributed by atoms with Crippen molar-refractivity contribution in [2.75, 3.05) is 23.4 Å². The van der Waals surface area contributed by atoms with Gasteiger partial charge in [0, 0.05) is 12.3 Å². The Morgan fingerprint density at radius 1 is 1.13 bits per heavy atom. The maximum Gasteiger partial charge on any atom is 0.266 e. The number of hydrogen-bond donors (Lipinski definition) is 1. The minimum absolute atomic E-state index is 0.0335. The fourth-order valence-electron chi connectivity index (χ4n) is 3.66. The molecule has 3 amide bonds. The van der Waals surface area contributed by atoms with E-state index in [2.05, 4.69) is 5.32 Å². The molecule has 4 rings (SSSR count). The molecule has 2 unspecified atom stereocenters. The predicted octanol–water partition coefficient (Wildman–Crippen LogP) is 3.40. The van der Waals surface area contributed by atoms with E-state index in [-0.39, 0.29) is 23.8 Å². The number of amides is 3. The molecule has 1 fully saturated rings. The van der Waals surface area contributed by atoms with E-state index >= 15 is 0 Å². The van der Waals surface area contributed by atoms with Crippen LogP contribution in [0.4, 0.5) is 11.4 Å². The molecule has 2 aromatic carbocycles. The quantitative estimate of drug-likeness (QED) is 0.741. The maximum absolute atomic E-state index is 12.7. The van der Waals surface area contributed by atoms with Crippen molar-refractivity contribution in [3.63, 3.8) is 0 Å². The van der Waals surface area contributed by atoms with Crippen LogP contribution in [0.2, 0.25) is 0 Å². The lowest BCUT2D eigenvalue weighted by molar-refractivity contribution is -0.130. The van der Waals surface area contributed by atoms with E-state index in [0.29, 0.717) is 29.1 Å². The minimum Gasteiger partial charge on any atom is -0.376 e. The third-order valence-electron chi connectivity index (χ3n) is 5.34. The number of fused-ring (bicyclic) bond motifs is 1. The lowest BCUT2D eigenvalue weighted by Crippen LogP contribution is -2.33. The predicted molar refractivity (Wildman–Crippen MR) is 112 cm³/mol. The van der Waals surface area contributed by atoms with Crippen LogP contribution in [-0.2, 0) is 14.3 Å². The zero-order chi connectivity index (χ0) is 21.1. The highest BCUT2D eigenvalue weighted by molar-refractivity contribution is 6.34. The first-order chi connectivity index (χ1) is 14.5. The molecule has 0 aliphatic carbocycles. The van der Waals surface area contributed by atoms with Crippen molar-refractivity contribution in [3.05, 3.63) is 59.7 Å². The van der Waals surface area contributed by atoms with Crippen molar-refractivity contribution in [2.45, 2.75) is 38.4 Å². The SMILES string of the molecule is CC(OCC1CCCCO1)C(=O)Nc1cccc(N2C(=O)c3ccccc3C2=O)c1. The molecule has 2 aliphatic rings. The van der Waals surface area contributed by atoms with Crippen LogP contribution in [0, 0.1) is 0 Å². The number of benzene rings is 2. The number of imide groups is 1. The van der Waals surface area contributed by atoms with Gasteiger partial charge in [-0.25, -0.2) is 4.90 Å². The van der Waals surface area contributed by atoms with Crippen molar-refractivity contribution in [3.8, 4) is 0 Å². The topological polar surface area (TPSA) is 84.9 Å². The monoisotopic (exact) mass is 408 g/mol. The van der Waals surface area contributed by atoms with Crippen LogP contribution in [0.25, 0.3) is 0 Å². The first-order valence-corrected chi connectivity index (χ1v) is 10.2. The molecule has 0 bridgehead atoms. The second-order valence-electron chi connectivity index (χ2n) is 7.50. The summed E-state index contributed by atoms with van der Waals surface area (Å²) in [4.78, 5) is 39.0. The maximum atomic E-state index is 12.7. The molecule has 0 spiro atoms. The molecule has 7 nitrogen and oxygen atoms in total. The van der Waals surface area contributed by atoms with E-state index in [9.17, 15) is 14.4 Å². The molecule has 30 heavy (non-hydrogen) atoms. The normalized spacial score (nSPS) is 19.5. The highest BCUT2D eigenvalue weighted by Crippen LogP contribution is 2.29. The van der Waals surface area contributed by atoms with E-state index in [1.54, 1.807) is 55.5 Å². The van der Waals surface area contributed by atoms with Gasteiger partial charge in [-0.3, -0.25) is 14.4 Å². The Labute approximate surface area is 175 Å². The lowest BCUT2D eigenvalue weighted by Gasteiger charge is -2.24. The Balaban J connectivity index is 1.40. The second-order valence-corrected chi connectivity index (χ2v) is 7.50. The first kappa shape index (κ1) is 20.3. The Morgan fingerprint density at radius 2 is 1.87 bits per heavy atom. The molecule has 1 N–H and O–H groups in total. The molecule has 0 aromatic heterocycles. The number of nitrogens with one attached hydrogen (secondary N) is 1. The van der Waals surface area contributed by atoms with Crippen molar-refractivity contribution in [1.82, 2.24) is 0 Å². The van der Waals surface area contributed by atoms with Crippen molar-refractivity contribution in [1.29, 1.82) is 0 Å². The van der Waals surface area contributed by atoms with Crippen LogP contribution in [-0.4, -0.2) is 43.1 Å². The lowest BCUT2D eigenvalue weighted by atomic mass is 10.1. The molecule has 0 saturated carbocycles. The Hall–Kier alpha value is -3.03. The molecule has 156 valence electrons. The average molecular weight is 408 g/mol. The van der Waals surface area contributed by atoms with Gasteiger partial charge in [0.1, 0.15) is 6.10 Å². The fraction of sp³-hybridized carbons (Fsp3) is 0.348. The van der Waals surface area contributed by atoms with Crippen LogP contribution in [0.3, 0.4) is 0 Å². The van der Waals surface area contributed by atoms with Gasteiger partial charge in [0.25, 0.3) is 17.7 Å². The van der Waals surface area contributed by atoms with Crippen molar-refractivity contribution < 1.29 is 23.9 Å². The van der Waals surface area contributed by atoms with E-state index in [1.165, 1.54) is 0 Å². The standard InChI is InChI=1S/C23H24N2O5/c1-15(30-14-18-9-4-5-12-29-18)21(26)24-16-7-6-8-17(13-16)25-22(27)19-10-2-3-11-20(19)23(25)28/h2-3,6-8,10-11,13,15,18H,4-5,9,12,14H2,1H3,(H,24,26).